The standard InChI is InChI=1S/C31H54N2O4/c1-22(34)37-29-28(33(5)14-18-36-19-15-33)21-27-25-7-6-23-20-24(32(4)12-16-35-17-13-32)8-10-30(23,2)26(25)9-11-31(27,29)3/h23-29H,6-21H2,1-5H3/q+2/t23-,24-,25+,26-,27-,28-,29-,30-,31-/m0/s1. The first-order valence-corrected chi connectivity index (χ1v) is 15.6. The number of likely N-dealkylation sites (N-methyl/N-ethyl adjacent to an activating group) is 2. The number of carbonyl (C=O) groups is 1. The van der Waals surface area contributed by atoms with E-state index >= 15 is 0 Å². The van der Waals surface area contributed by atoms with Gasteiger partial charge in [0.05, 0.1) is 46.6 Å². The van der Waals surface area contributed by atoms with Crippen LogP contribution in [0, 0.1) is 34.5 Å². The lowest BCUT2D eigenvalue weighted by molar-refractivity contribution is -0.942. The summed E-state index contributed by atoms with van der Waals surface area (Å²) >= 11 is 0. The number of ether oxygens (including phenoxy) is 3. The summed E-state index contributed by atoms with van der Waals surface area (Å²) in [6.45, 7) is 14.8. The normalized spacial score (nSPS) is 48.8. The largest absolute Gasteiger partial charge is 0.456 e. The molecule has 6 nitrogen and oxygen atoms in total. The van der Waals surface area contributed by atoms with Gasteiger partial charge in [0.15, 0.2) is 6.10 Å². The molecule has 4 saturated carbocycles. The Labute approximate surface area is 225 Å². The molecule has 0 aromatic heterocycles. The van der Waals surface area contributed by atoms with Crippen molar-refractivity contribution < 1.29 is 28.0 Å². The summed E-state index contributed by atoms with van der Waals surface area (Å²) in [7, 11) is 4.92. The van der Waals surface area contributed by atoms with E-state index in [-0.39, 0.29) is 17.5 Å². The first-order chi connectivity index (χ1) is 17.6. The summed E-state index contributed by atoms with van der Waals surface area (Å²) in [6.07, 6.45) is 10.8. The summed E-state index contributed by atoms with van der Waals surface area (Å²) in [6, 6.07) is 1.23. The van der Waals surface area contributed by atoms with Gasteiger partial charge in [0.25, 0.3) is 0 Å². The zero-order valence-electron chi connectivity index (χ0n) is 24.4. The molecule has 6 aliphatic rings. The van der Waals surface area contributed by atoms with Gasteiger partial charge >= 0.3 is 5.97 Å². The van der Waals surface area contributed by atoms with Crippen molar-refractivity contribution in [1.29, 1.82) is 0 Å². The van der Waals surface area contributed by atoms with Crippen molar-refractivity contribution in [2.24, 2.45) is 34.5 Å². The third-order valence-electron chi connectivity index (χ3n) is 13.5. The lowest BCUT2D eigenvalue weighted by Crippen LogP contribution is -2.63. The van der Waals surface area contributed by atoms with Crippen molar-refractivity contribution in [3.05, 3.63) is 0 Å². The zero-order chi connectivity index (χ0) is 26.1. The second-order valence-corrected chi connectivity index (χ2v) is 15.0. The van der Waals surface area contributed by atoms with Crippen LogP contribution < -0.4 is 0 Å². The number of rotatable bonds is 3. The molecule has 0 bridgehead atoms. The average Bonchev–Trinajstić information content (AvgIpc) is 3.17. The fraction of sp³-hybridized carbons (Fsp3) is 0.968. The SMILES string of the molecule is CC(=O)O[C@H]1[C@@H]([N+]2(C)CCOCC2)C[C@H]2[C@@H]3CC[C@H]4C[C@@H]([N+]5(C)CCOCC5)CC[C@]4(C)[C@H]3CC[C@@]21C. The van der Waals surface area contributed by atoms with E-state index in [1.807, 2.05) is 0 Å². The van der Waals surface area contributed by atoms with Gasteiger partial charge in [-0.25, -0.2) is 0 Å². The molecule has 9 atom stereocenters. The van der Waals surface area contributed by atoms with Crippen molar-refractivity contribution in [3.8, 4) is 0 Å². The minimum absolute atomic E-state index is 0.0473. The Morgan fingerprint density at radius 2 is 1.41 bits per heavy atom. The van der Waals surface area contributed by atoms with Crippen LogP contribution in [-0.4, -0.2) is 99.8 Å². The maximum Gasteiger partial charge on any atom is 0.303 e. The molecule has 210 valence electrons. The number of quaternary nitrogens is 2. The van der Waals surface area contributed by atoms with Gasteiger partial charge < -0.3 is 23.2 Å². The van der Waals surface area contributed by atoms with Crippen molar-refractivity contribution in [2.75, 3.05) is 66.7 Å². The van der Waals surface area contributed by atoms with Crippen molar-refractivity contribution in [2.45, 2.75) is 90.3 Å². The Kier molecular flexibility index (Phi) is 6.78. The maximum absolute atomic E-state index is 12.4. The van der Waals surface area contributed by atoms with Gasteiger partial charge in [-0.15, -0.1) is 0 Å². The van der Waals surface area contributed by atoms with E-state index in [0.717, 1.165) is 67.8 Å². The van der Waals surface area contributed by atoms with Gasteiger partial charge in [-0.1, -0.05) is 13.8 Å². The molecule has 0 N–H and O–H groups in total. The number of fused-ring (bicyclic) bond motifs is 5. The molecule has 0 radical (unpaired) electrons. The molecular formula is C31H54N2O4+2. The number of hydrogen-bond donors (Lipinski definition) is 0. The average molecular weight is 519 g/mol. The van der Waals surface area contributed by atoms with E-state index in [0.29, 0.717) is 17.4 Å². The fourth-order valence-corrected chi connectivity index (χ4v) is 11.0. The molecule has 2 saturated heterocycles. The van der Waals surface area contributed by atoms with Crippen LogP contribution in [0.15, 0.2) is 0 Å². The lowest BCUT2D eigenvalue weighted by Gasteiger charge is -2.61. The molecule has 37 heavy (non-hydrogen) atoms. The topological polar surface area (TPSA) is 44.8 Å². The summed E-state index contributed by atoms with van der Waals surface area (Å²) in [5.41, 5.74) is 0.600. The maximum atomic E-state index is 12.4. The van der Waals surface area contributed by atoms with Crippen molar-refractivity contribution >= 4 is 5.97 Å². The molecule has 6 fully saturated rings. The Balaban J connectivity index is 1.24. The number of esters is 1. The fourth-order valence-electron chi connectivity index (χ4n) is 11.0. The summed E-state index contributed by atoms with van der Waals surface area (Å²) < 4.78 is 20.1. The highest BCUT2D eigenvalue weighted by atomic mass is 16.5. The molecule has 0 aromatic rings. The molecule has 2 aliphatic heterocycles. The first-order valence-electron chi connectivity index (χ1n) is 15.6. The first kappa shape index (κ1) is 26.5. The number of hydrogen-bond acceptors (Lipinski definition) is 4. The van der Waals surface area contributed by atoms with E-state index in [2.05, 4.69) is 27.9 Å². The molecule has 2 heterocycles. The highest BCUT2D eigenvalue weighted by Gasteiger charge is 2.67. The second-order valence-electron chi connectivity index (χ2n) is 15.0. The zero-order valence-corrected chi connectivity index (χ0v) is 24.4. The highest BCUT2D eigenvalue weighted by Crippen LogP contribution is 2.67. The van der Waals surface area contributed by atoms with Crippen LogP contribution in [0.3, 0.4) is 0 Å². The molecule has 0 amide bonds. The molecule has 0 spiro atoms. The third kappa shape index (κ3) is 4.22. The van der Waals surface area contributed by atoms with Crippen molar-refractivity contribution in [3.63, 3.8) is 0 Å². The van der Waals surface area contributed by atoms with Crippen LogP contribution in [0.2, 0.25) is 0 Å². The molecule has 0 aromatic carbocycles. The van der Waals surface area contributed by atoms with Gasteiger partial charge in [0.1, 0.15) is 32.2 Å². The smallest absolute Gasteiger partial charge is 0.303 e. The van der Waals surface area contributed by atoms with E-state index in [1.165, 1.54) is 68.9 Å². The Hall–Kier alpha value is -0.690. The van der Waals surface area contributed by atoms with Gasteiger partial charge in [-0.2, -0.15) is 0 Å². The van der Waals surface area contributed by atoms with Crippen molar-refractivity contribution in [1.82, 2.24) is 0 Å². The Bertz CT molecular complexity index is 867. The predicted octanol–water partition coefficient (Wildman–Crippen LogP) is 4.26. The van der Waals surface area contributed by atoms with E-state index in [9.17, 15) is 4.79 Å². The minimum Gasteiger partial charge on any atom is -0.456 e. The van der Waals surface area contributed by atoms with Gasteiger partial charge in [0.2, 0.25) is 0 Å². The number of carbonyl (C=O) groups excluding carboxylic acids is 1. The summed E-state index contributed by atoms with van der Waals surface area (Å²) in [5.74, 6) is 3.09. The van der Waals surface area contributed by atoms with Crippen LogP contribution in [-0.2, 0) is 19.0 Å². The predicted molar refractivity (Wildman–Crippen MR) is 144 cm³/mol. The highest BCUT2D eigenvalue weighted by molar-refractivity contribution is 5.66. The Morgan fingerprint density at radius 3 is 2.05 bits per heavy atom. The van der Waals surface area contributed by atoms with E-state index < -0.39 is 0 Å². The van der Waals surface area contributed by atoms with Crippen LogP contribution in [0.25, 0.3) is 0 Å². The molecular weight excluding hydrogens is 464 g/mol. The monoisotopic (exact) mass is 518 g/mol. The number of nitrogens with zero attached hydrogens (tertiary/aromatic N) is 2. The Morgan fingerprint density at radius 1 is 0.784 bits per heavy atom. The molecule has 0 unspecified atom stereocenters. The van der Waals surface area contributed by atoms with Crippen LogP contribution in [0.1, 0.15) is 72.1 Å². The molecule has 4 aliphatic carbocycles. The van der Waals surface area contributed by atoms with Gasteiger partial charge in [-0.3, -0.25) is 4.79 Å². The quantitative estimate of drug-likeness (QED) is 0.414. The summed E-state index contributed by atoms with van der Waals surface area (Å²) in [5, 5.41) is 0. The van der Waals surface area contributed by atoms with Crippen LogP contribution in [0.4, 0.5) is 0 Å². The minimum atomic E-state index is -0.0902. The van der Waals surface area contributed by atoms with Gasteiger partial charge in [0, 0.05) is 25.2 Å². The van der Waals surface area contributed by atoms with E-state index in [4.69, 9.17) is 14.2 Å². The van der Waals surface area contributed by atoms with Crippen LogP contribution >= 0.6 is 0 Å². The lowest BCUT2D eigenvalue weighted by atomic mass is 9.45. The third-order valence-corrected chi connectivity index (χ3v) is 13.5. The molecule has 6 rings (SSSR count). The summed E-state index contributed by atoms with van der Waals surface area (Å²) in [4.78, 5) is 12.4. The van der Waals surface area contributed by atoms with E-state index in [1.54, 1.807) is 6.92 Å². The second kappa shape index (κ2) is 9.45. The number of morpholine rings is 2. The van der Waals surface area contributed by atoms with Gasteiger partial charge in [-0.05, 0) is 67.6 Å². The molecule has 6 heteroatoms. The van der Waals surface area contributed by atoms with Crippen LogP contribution in [0.5, 0.6) is 0 Å².